The minimum absolute atomic E-state index is 0.00213. The highest BCUT2D eigenvalue weighted by molar-refractivity contribution is 5.72. The van der Waals surface area contributed by atoms with Crippen molar-refractivity contribution in [3.63, 3.8) is 0 Å². The Kier molecular flexibility index (Phi) is 8.44. The zero-order valence-electron chi connectivity index (χ0n) is 10.7. The van der Waals surface area contributed by atoms with Crippen molar-refractivity contribution in [1.82, 2.24) is 0 Å². The van der Waals surface area contributed by atoms with Crippen LogP contribution in [0.3, 0.4) is 0 Å². The number of esters is 1. The number of carbonyl (C=O) groups excluding carboxylic acids is 1. The number of carbonyl (C=O) groups is 1. The summed E-state index contributed by atoms with van der Waals surface area (Å²) in [6.07, 6.45) is 5.16. The summed E-state index contributed by atoms with van der Waals surface area (Å²) in [6.45, 7) is 9.09. The van der Waals surface area contributed by atoms with Gasteiger partial charge in [-0.15, -0.1) is 0 Å². The van der Waals surface area contributed by atoms with E-state index in [1.54, 1.807) is 0 Å². The molecule has 0 spiro atoms. The fourth-order valence-corrected chi connectivity index (χ4v) is 1.64. The Morgan fingerprint density at radius 3 is 2.33 bits per heavy atom. The lowest BCUT2D eigenvalue weighted by atomic mass is 9.95. The molecule has 2 heteroatoms. The minimum atomic E-state index is 0.00213. The second-order valence-electron chi connectivity index (χ2n) is 4.61. The Labute approximate surface area is 94.4 Å². The van der Waals surface area contributed by atoms with Crippen molar-refractivity contribution in [3.8, 4) is 0 Å². The summed E-state index contributed by atoms with van der Waals surface area (Å²) in [7, 11) is 0. The SMILES string of the molecule is CCCCCOC(=O)[C@H](CC)CC(C)C. The quantitative estimate of drug-likeness (QED) is 0.454. The van der Waals surface area contributed by atoms with Crippen LogP contribution in [0.25, 0.3) is 0 Å². The first-order valence-electron chi connectivity index (χ1n) is 6.28. The highest BCUT2D eigenvalue weighted by Gasteiger charge is 2.18. The Morgan fingerprint density at radius 1 is 1.20 bits per heavy atom. The molecule has 0 radical (unpaired) electrons. The summed E-state index contributed by atoms with van der Waals surface area (Å²) >= 11 is 0. The van der Waals surface area contributed by atoms with Gasteiger partial charge in [-0.2, -0.15) is 0 Å². The molecule has 15 heavy (non-hydrogen) atoms. The van der Waals surface area contributed by atoms with Crippen LogP contribution in [0.2, 0.25) is 0 Å². The summed E-state index contributed by atoms with van der Waals surface area (Å²) < 4.78 is 5.26. The summed E-state index contributed by atoms with van der Waals surface area (Å²) in [5.41, 5.74) is 0. The zero-order valence-corrected chi connectivity index (χ0v) is 10.7. The summed E-state index contributed by atoms with van der Waals surface area (Å²) in [5.74, 6) is 0.673. The van der Waals surface area contributed by atoms with E-state index in [0.29, 0.717) is 12.5 Å². The van der Waals surface area contributed by atoms with Gasteiger partial charge in [-0.05, 0) is 25.2 Å². The van der Waals surface area contributed by atoms with Crippen molar-refractivity contribution in [3.05, 3.63) is 0 Å². The summed E-state index contributed by atoms with van der Waals surface area (Å²) in [4.78, 5) is 11.7. The minimum Gasteiger partial charge on any atom is -0.465 e. The van der Waals surface area contributed by atoms with Gasteiger partial charge in [0.15, 0.2) is 0 Å². The predicted octanol–water partition coefficient (Wildman–Crippen LogP) is 3.79. The van der Waals surface area contributed by atoms with E-state index in [9.17, 15) is 4.79 Å². The van der Waals surface area contributed by atoms with Crippen LogP contribution in [0, 0.1) is 11.8 Å². The molecule has 0 unspecified atom stereocenters. The lowest BCUT2D eigenvalue weighted by Crippen LogP contribution is -2.19. The number of hydrogen-bond donors (Lipinski definition) is 0. The van der Waals surface area contributed by atoms with E-state index >= 15 is 0 Å². The van der Waals surface area contributed by atoms with E-state index < -0.39 is 0 Å². The van der Waals surface area contributed by atoms with Crippen LogP contribution in [0.4, 0.5) is 0 Å². The Bertz CT molecular complexity index is 164. The predicted molar refractivity (Wildman–Crippen MR) is 63.7 cm³/mol. The van der Waals surface area contributed by atoms with Gasteiger partial charge in [0, 0.05) is 0 Å². The fraction of sp³-hybridized carbons (Fsp3) is 0.923. The van der Waals surface area contributed by atoms with Gasteiger partial charge < -0.3 is 4.74 Å². The molecule has 2 nitrogen and oxygen atoms in total. The third-order valence-corrected chi connectivity index (χ3v) is 2.57. The molecule has 0 aliphatic heterocycles. The van der Waals surface area contributed by atoms with E-state index in [0.717, 1.165) is 25.7 Å². The van der Waals surface area contributed by atoms with Gasteiger partial charge >= 0.3 is 5.97 Å². The van der Waals surface area contributed by atoms with Crippen LogP contribution in [0.15, 0.2) is 0 Å². The first-order chi connectivity index (χ1) is 7.11. The molecule has 0 aromatic carbocycles. The molecule has 0 aromatic heterocycles. The number of unbranched alkanes of at least 4 members (excludes halogenated alkanes) is 2. The zero-order chi connectivity index (χ0) is 11.7. The van der Waals surface area contributed by atoms with Gasteiger partial charge in [0.2, 0.25) is 0 Å². The van der Waals surface area contributed by atoms with Crippen molar-refractivity contribution in [2.75, 3.05) is 6.61 Å². The average Bonchev–Trinajstić information content (AvgIpc) is 2.20. The van der Waals surface area contributed by atoms with Gasteiger partial charge in [-0.25, -0.2) is 0 Å². The maximum atomic E-state index is 11.7. The van der Waals surface area contributed by atoms with Gasteiger partial charge in [0.1, 0.15) is 0 Å². The van der Waals surface area contributed by atoms with Gasteiger partial charge in [-0.3, -0.25) is 4.79 Å². The molecule has 0 fully saturated rings. The smallest absolute Gasteiger partial charge is 0.308 e. The van der Waals surface area contributed by atoms with E-state index in [1.807, 2.05) is 0 Å². The van der Waals surface area contributed by atoms with E-state index in [2.05, 4.69) is 27.7 Å². The Balaban J connectivity index is 3.73. The molecule has 0 saturated carbocycles. The third-order valence-electron chi connectivity index (χ3n) is 2.57. The maximum Gasteiger partial charge on any atom is 0.308 e. The summed E-state index contributed by atoms with van der Waals surface area (Å²) in [5, 5.41) is 0. The molecule has 0 saturated heterocycles. The summed E-state index contributed by atoms with van der Waals surface area (Å²) in [6, 6.07) is 0. The molecular formula is C13H26O2. The van der Waals surface area contributed by atoms with Crippen LogP contribution in [0.5, 0.6) is 0 Å². The van der Waals surface area contributed by atoms with Crippen molar-refractivity contribution in [1.29, 1.82) is 0 Å². The van der Waals surface area contributed by atoms with Crippen LogP contribution in [-0.4, -0.2) is 12.6 Å². The number of ether oxygens (including phenoxy) is 1. The molecule has 0 N–H and O–H groups in total. The van der Waals surface area contributed by atoms with Gasteiger partial charge in [0.25, 0.3) is 0 Å². The highest BCUT2D eigenvalue weighted by Crippen LogP contribution is 2.16. The molecule has 90 valence electrons. The van der Waals surface area contributed by atoms with Crippen molar-refractivity contribution < 1.29 is 9.53 Å². The number of hydrogen-bond acceptors (Lipinski definition) is 2. The largest absolute Gasteiger partial charge is 0.465 e. The van der Waals surface area contributed by atoms with E-state index in [4.69, 9.17) is 4.74 Å². The lowest BCUT2D eigenvalue weighted by Gasteiger charge is -2.15. The van der Waals surface area contributed by atoms with Crippen LogP contribution < -0.4 is 0 Å². The Hall–Kier alpha value is -0.530. The first-order valence-corrected chi connectivity index (χ1v) is 6.28. The molecule has 0 aliphatic rings. The first kappa shape index (κ1) is 14.5. The molecule has 0 aromatic rings. The second-order valence-corrected chi connectivity index (χ2v) is 4.61. The van der Waals surface area contributed by atoms with E-state index in [1.165, 1.54) is 6.42 Å². The van der Waals surface area contributed by atoms with Gasteiger partial charge in [0.05, 0.1) is 12.5 Å². The molecular weight excluding hydrogens is 188 g/mol. The molecule has 1 atom stereocenters. The van der Waals surface area contributed by atoms with Crippen molar-refractivity contribution in [2.24, 2.45) is 11.8 Å². The third kappa shape index (κ3) is 7.40. The van der Waals surface area contributed by atoms with Crippen molar-refractivity contribution in [2.45, 2.75) is 59.8 Å². The lowest BCUT2D eigenvalue weighted by molar-refractivity contribution is -0.149. The topological polar surface area (TPSA) is 26.3 Å². The molecule has 0 amide bonds. The number of rotatable bonds is 8. The van der Waals surface area contributed by atoms with Crippen LogP contribution in [-0.2, 0) is 9.53 Å². The molecule has 0 aliphatic carbocycles. The maximum absolute atomic E-state index is 11.7. The van der Waals surface area contributed by atoms with Gasteiger partial charge in [-0.1, -0.05) is 40.5 Å². The fourth-order valence-electron chi connectivity index (χ4n) is 1.64. The monoisotopic (exact) mass is 214 g/mol. The van der Waals surface area contributed by atoms with E-state index in [-0.39, 0.29) is 11.9 Å². The molecule has 0 heterocycles. The molecule has 0 rings (SSSR count). The normalized spacial score (nSPS) is 12.9. The van der Waals surface area contributed by atoms with Crippen molar-refractivity contribution >= 4 is 5.97 Å². The van der Waals surface area contributed by atoms with Crippen LogP contribution >= 0.6 is 0 Å². The standard InChI is InChI=1S/C13H26O2/c1-5-7-8-9-15-13(14)12(6-2)10-11(3)4/h11-12H,5-10H2,1-4H3/t12-/m1/s1. The highest BCUT2D eigenvalue weighted by atomic mass is 16.5. The second kappa shape index (κ2) is 8.75. The Morgan fingerprint density at radius 2 is 1.87 bits per heavy atom. The average molecular weight is 214 g/mol. The molecule has 0 bridgehead atoms. The van der Waals surface area contributed by atoms with Crippen LogP contribution in [0.1, 0.15) is 59.8 Å².